The maximum Gasteiger partial charge on any atom is 0.271 e. The summed E-state index contributed by atoms with van der Waals surface area (Å²) < 4.78 is 1.76. The molecule has 0 aliphatic carbocycles. The molecule has 20 heavy (non-hydrogen) atoms. The van der Waals surface area contributed by atoms with Crippen LogP contribution in [0.5, 0.6) is 0 Å². The van der Waals surface area contributed by atoms with Gasteiger partial charge in [-0.2, -0.15) is 0 Å². The molecule has 2 aromatic heterocycles. The topological polar surface area (TPSA) is 64.2 Å². The molecule has 0 spiro atoms. The first-order valence-electron chi connectivity index (χ1n) is 6.61. The summed E-state index contributed by atoms with van der Waals surface area (Å²) in [6, 6.07) is 7.49. The van der Waals surface area contributed by atoms with Gasteiger partial charge in [0.15, 0.2) is 0 Å². The number of nitrogens with two attached hydrogens (primary N) is 1. The maximum absolute atomic E-state index is 12.6. The number of rotatable bonds is 4. The van der Waals surface area contributed by atoms with Gasteiger partial charge in [0.2, 0.25) is 0 Å². The Bertz CT molecular complexity index is 589. The van der Waals surface area contributed by atoms with E-state index in [0.717, 1.165) is 5.69 Å². The summed E-state index contributed by atoms with van der Waals surface area (Å²) in [7, 11) is 1.82. The Balaban J connectivity index is 2.25. The fourth-order valence-corrected chi connectivity index (χ4v) is 2.10. The first kappa shape index (κ1) is 14.1. The van der Waals surface area contributed by atoms with Crippen LogP contribution in [0.2, 0.25) is 0 Å². The summed E-state index contributed by atoms with van der Waals surface area (Å²) in [5.74, 6) is -0.0372. The van der Waals surface area contributed by atoms with Gasteiger partial charge < -0.3 is 15.2 Å². The van der Waals surface area contributed by atoms with Gasteiger partial charge >= 0.3 is 0 Å². The third-order valence-corrected chi connectivity index (χ3v) is 3.19. The van der Waals surface area contributed by atoms with E-state index in [-0.39, 0.29) is 11.9 Å². The molecule has 0 aliphatic heterocycles. The summed E-state index contributed by atoms with van der Waals surface area (Å²) >= 11 is 0. The van der Waals surface area contributed by atoms with Crippen molar-refractivity contribution in [3.8, 4) is 0 Å². The van der Waals surface area contributed by atoms with Crippen LogP contribution in [0, 0.1) is 0 Å². The molecule has 0 bridgehead atoms. The Morgan fingerprint density at radius 3 is 2.70 bits per heavy atom. The van der Waals surface area contributed by atoms with Crippen LogP contribution in [-0.2, 0) is 13.6 Å². The number of amides is 1. The highest BCUT2D eigenvalue weighted by molar-refractivity contribution is 5.94. The SMILES string of the molecule is CC(C)N(Cc1ccccn1)C(=O)c1cc(N)cn1C. The van der Waals surface area contributed by atoms with Crippen LogP contribution in [0.25, 0.3) is 0 Å². The van der Waals surface area contributed by atoms with Crippen LogP contribution in [-0.4, -0.2) is 26.4 Å². The van der Waals surface area contributed by atoms with Crippen molar-refractivity contribution in [1.29, 1.82) is 0 Å². The van der Waals surface area contributed by atoms with E-state index in [0.29, 0.717) is 17.9 Å². The van der Waals surface area contributed by atoms with E-state index in [1.165, 1.54) is 0 Å². The Morgan fingerprint density at radius 1 is 1.45 bits per heavy atom. The lowest BCUT2D eigenvalue weighted by molar-refractivity contribution is 0.0678. The molecule has 106 valence electrons. The second-order valence-electron chi connectivity index (χ2n) is 5.12. The normalized spacial score (nSPS) is 10.8. The minimum absolute atomic E-state index is 0.0372. The minimum atomic E-state index is -0.0372. The van der Waals surface area contributed by atoms with Crippen LogP contribution in [0.1, 0.15) is 30.0 Å². The molecule has 0 aliphatic rings. The average molecular weight is 272 g/mol. The molecule has 0 saturated carbocycles. The van der Waals surface area contributed by atoms with Gasteiger partial charge in [-0.05, 0) is 32.0 Å². The highest BCUT2D eigenvalue weighted by atomic mass is 16.2. The van der Waals surface area contributed by atoms with Gasteiger partial charge in [-0.25, -0.2) is 0 Å². The van der Waals surface area contributed by atoms with Crippen molar-refractivity contribution in [3.05, 3.63) is 48.0 Å². The number of aromatic nitrogens is 2. The molecule has 0 saturated heterocycles. The monoisotopic (exact) mass is 272 g/mol. The third kappa shape index (κ3) is 2.99. The molecule has 2 N–H and O–H groups in total. The number of carbonyl (C=O) groups is 1. The number of hydrogen-bond donors (Lipinski definition) is 1. The van der Waals surface area contributed by atoms with Gasteiger partial charge in [0.25, 0.3) is 5.91 Å². The van der Waals surface area contributed by atoms with Crippen molar-refractivity contribution in [2.75, 3.05) is 5.73 Å². The minimum Gasteiger partial charge on any atom is -0.397 e. The van der Waals surface area contributed by atoms with Crippen molar-refractivity contribution in [1.82, 2.24) is 14.5 Å². The zero-order valence-electron chi connectivity index (χ0n) is 12.1. The highest BCUT2D eigenvalue weighted by Crippen LogP contribution is 2.15. The predicted molar refractivity (Wildman–Crippen MR) is 79.1 cm³/mol. The lowest BCUT2D eigenvalue weighted by Gasteiger charge is -2.26. The lowest BCUT2D eigenvalue weighted by atomic mass is 10.2. The van der Waals surface area contributed by atoms with E-state index in [1.807, 2.05) is 39.1 Å². The van der Waals surface area contributed by atoms with Crippen LogP contribution in [0.4, 0.5) is 5.69 Å². The summed E-state index contributed by atoms with van der Waals surface area (Å²) in [5, 5.41) is 0. The Hall–Kier alpha value is -2.30. The van der Waals surface area contributed by atoms with E-state index in [2.05, 4.69) is 4.98 Å². The first-order valence-corrected chi connectivity index (χ1v) is 6.61. The van der Waals surface area contributed by atoms with Crippen molar-refractivity contribution < 1.29 is 4.79 Å². The standard InChI is InChI=1S/C15H20N4O/c1-11(2)19(10-13-6-4-5-7-17-13)15(20)14-8-12(16)9-18(14)3/h4-9,11H,10,16H2,1-3H3. The summed E-state index contributed by atoms with van der Waals surface area (Å²) in [5.41, 5.74) is 7.80. The Labute approximate surface area is 119 Å². The summed E-state index contributed by atoms with van der Waals surface area (Å²) in [6.45, 7) is 4.47. The molecule has 0 unspecified atom stereocenters. The second kappa shape index (κ2) is 5.77. The first-order chi connectivity index (χ1) is 9.49. The number of nitrogen functional groups attached to an aromatic ring is 1. The van der Waals surface area contributed by atoms with Gasteiger partial charge in [-0.1, -0.05) is 6.07 Å². The Kier molecular flexibility index (Phi) is 4.08. The average Bonchev–Trinajstić information content (AvgIpc) is 2.75. The van der Waals surface area contributed by atoms with Gasteiger partial charge in [0.05, 0.1) is 17.9 Å². The van der Waals surface area contributed by atoms with E-state index in [1.54, 1.807) is 27.9 Å². The number of hydrogen-bond acceptors (Lipinski definition) is 3. The van der Waals surface area contributed by atoms with Crippen LogP contribution in [0.3, 0.4) is 0 Å². The molecule has 0 atom stereocenters. The quantitative estimate of drug-likeness (QED) is 0.926. The summed E-state index contributed by atoms with van der Waals surface area (Å²) in [6.07, 6.45) is 3.48. The van der Waals surface area contributed by atoms with E-state index >= 15 is 0 Å². The Morgan fingerprint density at radius 2 is 2.20 bits per heavy atom. The molecule has 5 nitrogen and oxygen atoms in total. The van der Waals surface area contributed by atoms with E-state index in [4.69, 9.17) is 5.73 Å². The molecule has 1 amide bonds. The van der Waals surface area contributed by atoms with Gasteiger partial charge in [-0.15, -0.1) is 0 Å². The van der Waals surface area contributed by atoms with E-state index < -0.39 is 0 Å². The van der Waals surface area contributed by atoms with Gasteiger partial charge in [0.1, 0.15) is 5.69 Å². The molecule has 2 rings (SSSR count). The zero-order valence-corrected chi connectivity index (χ0v) is 12.1. The molecule has 0 fully saturated rings. The number of nitrogens with zero attached hydrogens (tertiary/aromatic N) is 3. The number of carbonyl (C=O) groups excluding carboxylic acids is 1. The van der Waals surface area contributed by atoms with Crippen molar-refractivity contribution >= 4 is 11.6 Å². The third-order valence-electron chi connectivity index (χ3n) is 3.19. The molecule has 2 heterocycles. The molecule has 5 heteroatoms. The zero-order chi connectivity index (χ0) is 14.7. The van der Waals surface area contributed by atoms with E-state index in [9.17, 15) is 4.79 Å². The smallest absolute Gasteiger partial charge is 0.271 e. The predicted octanol–water partition coefficient (Wildman–Crippen LogP) is 2.05. The molecule has 0 aromatic carbocycles. The largest absolute Gasteiger partial charge is 0.397 e. The fourth-order valence-electron chi connectivity index (χ4n) is 2.10. The maximum atomic E-state index is 12.6. The highest BCUT2D eigenvalue weighted by Gasteiger charge is 2.22. The molecule has 0 radical (unpaired) electrons. The summed E-state index contributed by atoms with van der Waals surface area (Å²) in [4.78, 5) is 18.7. The van der Waals surface area contributed by atoms with Gasteiger partial charge in [-0.3, -0.25) is 9.78 Å². The fraction of sp³-hybridized carbons (Fsp3) is 0.333. The lowest BCUT2D eigenvalue weighted by Crippen LogP contribution is -2.37. The van der Waals surface area contributed by atoms with Crippen LogP contribution < -0.4 is 5.73 Å². The molecule has 2 aromatic rings. The van der Waals surface area contributed by atoms with Crippen molar-refractivity contribution in [3.63, 3.8) is 0 Å². The van der Waals surface area contributed by atoms with Crippen molar-refractivity contribution in [2.45, 2.75) is 26.4 Å². The van der Waals surface area contributed by atoms with Crippen LogP contribution >= 0.6 is 0 Å². The van der Waals surface area contributed by atoms with Gasteiger partial charge in [0, 0.05) is 25.5 Å². The number of pyridine rings is 1. The van der Waals surface area contributed by atoms with Crippen LogP contribution in [0.15, 0.2) is 36.7 Å². The number of aryl methyl sites for hydroxylation is 1. The second-order valence-corrected chi connectivity index (χ2v) is 5.12. The molecular formula is C15H20N4O. The van der Waals surface area contributed by atoms with Crippen molar-refractivity contribution in [2.24, 2.45) is 7.05 Å². The number of anilines is 1. The molecular weight excluding hydrogens is 252 g/mol.